The quantitative estimate of drug-likeness (QED) is 0.794. The van der Waals surface area contributed by atoms with Crippen molar-refractivity contribution in [2.75, 3.05) is 12.9 Å². The fraction of sp³-hybridized carbons (Fsp3) is 0.600. The minimum absolute atomic E-state index is 0.186. The molecule has 1 aromatic rings. The number of ether oxygens (including phenoxy) is 1. The number of sulfone groups is 1. The van der Waals surface area contributed by atoms with E-state index in [-0.39, 0.29) is 17.1 Å². The maximum Gasteiger partial charge on any atom is 0.179 e. The molecular weight excluding hydrogens is 260 g/mol. The van der Waals surface area contributed by atoms with Gasteiger partial charge in [-0.15, -0.1) is 0 Å². The predicted molar refractivity (Wildman–Crippen MR) is 76.4 cm³/mol. The summed E-state index contributed by atoms with van der Waals surface area (Å²) >= 11 is 0. The van der Waals surface area contributed by atoms with E-state index in [0.717, 1.165) is 5.56 Å². The zero-order chi connectivity index (χ0) is 14.4. The molecule has 2 rings (SSSR count). The SMILES string of the molecule is COc1ccc2c(c1)S(=O)(=O)CC(C)(C)C(C)[C@@H]2C. The molecule has 1 unspecified atom stereocenters. The van der Waals surface area contributed by atoms with Gasteiger partial charge in [0.25, 0.3) is 0 Å². The van der Waals surface area contributed by atoms with Crippen molar-refractivity contribution in [3.8, 4) is 5.75 Å². The molecule has 1 aliphatic heterocycles. The number of methoxy groups -OCH3 is 1. The Morgan fingerprint density at radius 3 is 2.47 bits per heavy atom. The summed E-state index contributed by atoms with van der Waals surface area (Å²) in [6.45, 7) is 8.32. The van der Waals surface area contributed by atoms with Crippen molar-refractivity contribution in [1.82, 2.24) is 0 Å². The Bertz CT molecular complexity index is 587. The third-order valence-electron chi connectivity index (χ3n) is 4.59. The first-order valence-corrected chi connectivity index (χ1v) is 8.25. The smallest absolute Gasteiger partial charge is 0.179 e. The molecule has 3 nitrogen and oxygen atoms in total. The first-order valence-electron chi connectivity index (χ1n) is 6.60. The van der Waals surface area contributed by atoms with Crippen LogP contribution in [0.25, 0.3) is 0 Å². The molecule has 0 saturated heterocycles. The maximum absolute atomic E-state index is 12.6. The molecule has 0 saturated carbocycles. The lowest BCUT2D eigenvalue weighted by Gasteiger charge is -2.32. The van der Waals surface area contributed by atoms with Crippen LogP contribution < -0.4 is 4.74 Å². The van der Waals surface area contributed by atoms with E-state index in [2.05, 4.69) is 13.8 Å². The summed E-state index contributed by atoms with van der Waals surface area (Å²) in [6, 6.07) is 5.40. The molecule has 0 amide bonds. The second kappa shape index (κ2) is 4.51. The molecule has 0 aromatic heterocycles. The highest BCUT2D eigenvalue weighted by Crippen LogP contribution is 2.45. The number of benzene rings is 1. The lowest BCUT2D eigenvalue weighted by atomic mass is 9.73. The summed E-state index contributed by atoms with van der Waals surface area (Å²) in [5, 5.41) is 0. The largest absolute Gasteiger partial charge is 0.497 e. The first-order chi connectivity index (χ1) is 8.69. The highest BCUT2D eigenvalue weighted by atomic mass is 32.2. The van der Waals surface area contributed by atoms with Crippen molar-refractivity contribution in [1.29, 1.82) is 0 Å². The molecule has 0 spiro atoms. The minimum Gasteiger partial charge on any atom is -0.497 e. The Hall–Kier alpha value is -1.03. The van der Waals surface area contributed by atoms with Crippen molar-refractivity contribution in [2.45, 2.75) is 38.5 Å². The molecule has 0 fully saturated rings. The van der Waals surface area contributed by atoms with E-state index in [1.807, 2.05) is 26.0 Å². The normalized spacial score (nSPS) is 28.3. The molecular formula is C15H22O3S. The van der Waals surface area contributed by atoms with Gasteiger partial charge in [0, 0.05) is 0 Å². The lowest BCUT2D eigenvalue weighted by Crippen LogP contribution is -2.30. The van der Waals surface area contributed by atoms with E-state index in [9.17, 15) is 8.42 Å². The zero-order valence-corrected chi connectivity index (χ0v) is 13.0. The van der Waals surface area contributed by atoms with Gasteiger partial charge in [-0.1, -0.05) is 33.8 Å². The molecule has 0 N–H and O–H groups in total. The van der Waals surface area contributed by atoms with Gasteiger partial charge in [-0.05, 0) is 34.9 Å². The summed E-state index contributed by atoms with van der Waals surface area (Å²) in [7, 11) is -1.71. The van der Waals surface area contributed by atoms with Crippen molar-refractivity contribution < 1.29 is 13.2 Å². The second-order valence-electron chi connectivity index (χ2n) is 6.23. The molecule has 0 radical (unpaired) electrons. The molecule has 1 aromatic carbocycles. The highest BCUT2D eigenvalue weighted by Gasteiger charge is 2.41. The number of hydrogen-bond donors (Lipinski definition) is 0. The van der Waals surface area contributed by atoms with Gasteiger partial charge in [0.1, 0.15) is 5.75 Å². The molecule has 0 bridgehead atoms. The van der Waals surface area contributed by atoms with Gasteiger partial charge in [0.15, 0.2) is 9.84 Å². The van der Waals surface area contributed by atoms with E-state index in [0.29, 0.717) is 16.6 Å². The molecule has 4 heteroatoms. The molecule has 2 atom stereocenters. The summed E-state index contributed by atoms with van der Waals surface area (Å²) in [4.78, 5) is 0.441. The van der Waals surface area contributed by atoms with Crippen LogP contribution in [0.4, 0.5) is 0 Å². The Labute approximate surface area is 115 Å². The number of hydrogen-bond acceptors (Lipinski definition) is 3. The zero-order valence-electron chi connectivity index (χ0n) is 12.2. The maximum atomic E-state index is 12.6. The third kappa shape index (κ3) is 2.38. The van der Waals surface area contributed by atoms with Crippen LogP contribution in [0.1, 0.15) is 39.2 Å². The molecule has 1 aliphatic rings. The van der Waals surface area contributed by atoms with Crippen LogP contribution >= 0.6 is 0 Å². The first kappa shape index (κ1) is 14.4. The third-order valence-corrected chi connectivity index (χ3v) is 6.74. The highest BCUT2D eigenvalue weighted by molar-refractivity contribution is 7.91. The molecule has 106 valence electrons. The Morgan fingerprint density at radius 1 is 1.26 bits per heavy atom. The van der Waals surface area contributed by atoms with Gasteiger partial charge in [-0.2, -0.15) is 0 Å². The van der Waals surface area contributed by atoms with Crippen LogP contribution in [0, 0.1) is 11.3 Å². The van der Waals surface area contributed by atoms with Crippen molar-refractivity contribution in [2.24, 2.45) is 11.3 Å². The fourth-order valence-corrected chi connectivity index (χ4v) is 5.24. The van der Waals surface area contributed by atoms with Gasteiger partial charge in [-0.3, -0.25) is 0 Å². The monoisotopic (exact) mass is 282 g/mol. The van der Waals surface area contributed by atoms with Crippen LogP contribution in [-0.2, 0) is 9.84 Å². The summed E-state index contributed by atoms with van der Waals surface area (Å²) in [5.41, 5.74) is 0.684. The van der Waals surface area contributed by atoms with Crippen LogP contribution in [-0.4, -0.2) is 21.3 Å². The van der Waals surface area contributed by atoms with E-state index in [1.54, 1.807) is 13.2 Å². The Balaban J connectivity index is 2.70. The standard InChI is InChI=1S/C15H22O3S/c1-10-11(2)15(3,4)9-19(16,17)14-8-12(18-5)6-7-13(10)14/h6-8,10-11H,9H2,1-5H3/t10-,11?/m0/s1. The number of rotatable bonds is 1. The van der Waals surface area contributed by atoms with Gasteiger partial charge < -0.3 is 4.74 Å². The van der Waals surface area contributed by atoms with Crippen LogP contribution in [0.2, 0.25) is 0 Å². The second-order valence-corrected chi connectivity index (χ2v) is 8.19. The van der Waals surface area contributed by atoms with Crippen LogP contribution in [0.5, 0.6) is 5.75 Å². The summed E-state index contributed by atoms with van der Waals surface area (Å²) < 4.78 is 30.4. The Kier molecular flexibility index (Phi) is 3.42. The van der Waals surface area contributed by atoms with E-state index in [4.69, 9.17) is 4.74 Å². The molecule has 19 heavy (non-hydrogen) atoms. The molecule has 0 aliphatic carbocycles. The predicted octanol–water partition coefficient (Wildman–Crippen LogP) is 3.25. The summed E-state index contributed by atoms with van der Waals surface area (Å²) in [5.74, 6) is 1.30. The van der Waals surface area contributed by atoms with E-state index in [1.165, 1.54) is 0 Å². The van der Waals surface area contributed by atoms with Crippen LogP contribution in [0.15, 0.2) is 23.1 Å². The van der Waals surface area contributed by atoms with Crippen LogP contribution in [0.3, 0.4) is 0 Å². The lowest BCUT2D eigenvalue weighted by molar-refractivity contribution is 0.234. The topological polar surface area (TPSA) is 43.4 Å². The molecule has 1 heterocycles. The average molecular weight is 282 g/mol. The van der Waals surface area contributed by atoms with Gasteiger partial charge in [-0.25, -0.2) is 8.42 Å². The Morgan fingerprint density at radius 2 is 1.89 bits per heavy atom. The van der Waals surface area contributed by atoms with Crippen molar-refractivity contribution in [3.05, 3.63) is 23.8 Å². The van der Waals surface area contributed by atoms with Crippen molar-refractivity contribution in [3.63, 3.8) is 0 Å². The fourth-order valence-electron chi connectivity index (χ4n) is 2.93. The van der Waals surface area contributed by atoms with Gasteiger partial charge in [0.05, 0.1) is 17.8 Å². The number of fused-ring (bicyclic) bond motifs is 1. The van der Waals surface area contributed by atoms with Gasteiger partial charge in [0.2, 0.25) is 0 Å². The van der Waals surface area contributed by atoms with E-state index >= 15 is 0 Å². The van der Waals surface area contributed by atoms with Gasteiger partial charge >= 0.3 is 0 Å². The summed E-state index contributed by atoms with van der Waals surface area (Å²) in [6.07, 6.45) is 0. The minimum atomic E-state index is -3.26. The van der Waals surface area contributed by atoms with Crippen molar-refractivity contribution >= 4 is 9.84 Å². The average Bonchev–Trinajstić information content (AvgIpc) is 2.38. The van der Waals surface area contributed by atoms with E-state index < -0.39 is 9.84 Å².